The Balaban J connectivity index is 1.96. The van der Waals surface area contributed by atoms with E-state index in [1.807, 2.05) is 11.4 Å². The van der Waals surface area contributed by atoms with Crippen molar-refractivity contribution in [1.29, 1.82) is 0 Å². The minimum Gasteiger partial charge on any atom is -0.481 e. The van der Waals surface area contributed by atoms with Gasteiger partial charge < -0.3 is 10.4 Å². The van der Waals surface area contributed by atoms with Gasteiger partial charge in [0.2, 0.25) is 0 Å². The van der Waals surface area contributed by atoms with E-state index >= 15 is 0 Å². The molecule has 1 atom stereocenters. The number of carbonyl (C=O) groups is 1. The van der Waals surface area contributed by atoms with Crippen molar-refractivity contribution >= 4 is 33.2 Å². The molecule has 1 unspecified atom stereocenters. The molecule has 0 spiro atoms. The van der Waals surface area contributed by atoms with Gasteiger partial charge in [-0.1, -0.05) is 0 Å². The van der Waals surface area contributed by atoms with Gasteiger partial charge in [-0.25, -0.2) is 4.98 Å². The molecule has 18 heavy (non-hydrogen) atoms. The molecule has 0 radical (unpaired) electrons. The quantitative estimate of drug-likeness (QED) is 0.840. The van der Waals surface area contributed by atoms with Gasteiger partial charge >= 0.3 is 5.97 Å². The first-order valence-electron chi connectivity index (χ1n) is 5.97. The summed E-state index contributed by atoms with van der Waals surface area (Å²) in [5.74, 6) is 0.150. The van der Waals surface area contributed by atoms with E-state index in [-0.39, 0.29) is 12.5 Å². The maximum Gasteiger partial charge on any atom is 0.303 e. The maximum atomic E-state index is 10.4. The summed E-state index contributed by atoms with van der Waals surface area (Å²) in [7, 11) is 0. The molecule has 2 rings (SSSR count). The number of hydrogen-bond donors (Lipinski definition) is 2. The molecule has 2 N–H and O–H groups in total. The van der Waals surface area contributed by atoms with Crippen molar-refractivity contribution < 1.29 is 9.90 Å². The fourth-order valence-electron chi connectivity index (χ4n) is 1.87. The zero-order valence-corrected chi connectivity index (χ0v) is 11.0. The van der Waals surface area contributed by atoms with Crippen LogP contribution in [0.15, 0.2) is 23.7 Å². The van der Waals surface area contributed by atoms with Gasteiger partial charge in [0.25, 0.3) is 0 Å². The van der Waals surface area contributed by atoms with E-state index in [2.05, 4.69) is 23.3 Å². The summed E-state index contributed by atoms with van der Waals surface area (Å²) in [4.78, 5) is 14.8. The Morgan fingerprint density at radius 1 is 1.56 bits per heavy atom. The molecular weight excluding hydrogens is 248 g/mol. The lowest BCUT2D eigenvalue weighted by atomic mass is 10.1. The number of thiophene rings is 1. The number of fused-ring (bicyclic) bond motifs is 1. The largest absolute Gasteiger partial charge is 0.481 e. The fraction of sp³-hybridized carbons (Fsp3) is 0.385. The summed E-state index contributed by atoms with van der Waals surface area (Å²) < 4.78 is 1.21. The molecule has 2 aromatic heterocycles. The van der Waals surface area contributed by atoms with Crippen LogP contribution in [-0.4, -0.2) is 22.1 Å². The Morgan fingerprint density at radius 3 is 3.17 bits per heavy atom. The number of rotatable bonds is 6. The van der Waals surface area contributed by atoms with Gasteiger partial charge in [-0.2, -0.15) is 0 Å². The monoisotopic (exact) mass is 264 g/mol. The van der Waals surface area contributed by atoms with Gasteiger partial charge in [0.05, 0.1) is 0 Å². The lowest BCUT2D eigenvalue weighted by Crippen LogP contribution is -2.16. The minimum absolute atomic E-state index is 0.224. The first kappa shape index (κ1) is 12.8. The molecule has 0 bridgehead atoms. The van der Waals surface area contributed by atoms with Crippen LogP contribution in [0.5, 0.6) is 0 Å². The second-order valence-electron chi connectivity index (χ2n) is 4.32. The molecule has 0 aliphatic heterocycles. The lowest BCUT2D eigenvalue weighted by Gasteiger charge is -2.14. The van der Waals surface area contributed by atoms with Crippen LogP contribution in [0.25, 0.3) is 10.1 Å². The Hall–Kier alpha value is -1.62. The predicted molar refractivity (Wildman–Crippen MR) is 74.2 cm³/mol. The molecule has 4 nitrogen and oxygen atoms in total. The second-order valence-corrected chi connectivity index (χ2v) is 5.27. The number of aromatic nitrogens is 1. The SMILES string of the molecule is CC(CCCC(=O)O)Nc1nccc2sccc12. The van der Waals surface area contributed by atoms with Crippen molar-refractivity contribution in [1.82, 2.24) is 4.98 Å². The van der Waals surface area contributed by atoms with E-state index in [9.17, 15) is 4.79 Å². The molecule has 2 heterocycles. The summed E-state index contributed by atoms with van der Waals surface area (Å²) in [6.45, 7) is 2.05. The van der Waals surface area contributed by atoms with Crippen LogP contribution in [0.1, 0.15) is 26.2 Å². The number of anilines is 1. The summed E-state index contributed by atoms with van der Waals surface area (Å²) in [6.07, 6.45) is 3.53. The molecule has 0 saturated heterocycles. The molecule has 0 aromatic carbocycles. The topological polar surface area (TPSA) is 62.2 Å². The van der Waals surface area contributed by atoms with Crippen LogP contribution in [0.2, 0.25) is 0 Å². The molecule has 2 aromatic rings. The number of carboxylic acid groups (broad SMARTS) is 1. The van der Waals surface area contributed by atoms with E-state index in [0.717, 1.165) is 17.6 Å². The van der Waals surface area contributed by atoms with E-state index in [4.69, 9.17) is 5.11 Å². The standard InChI is InChI=1S/C13H16N2O2S/c1-9(3-2-4-12(16)17)15-13-10-6-8-18-11(10)5-7-14-13/h5-9H,2-4H2,1H3,(H,14,15)(H,16,17). The fourth-order valence-corrected chi connectivity index (χ4v) is 2.66. The molecule has 0 aliphatic carbocycles. The third-order valence-electron chi connectivity index (χ3n) is 2.79. The van der Waals surface area contributed by atoms with Gasteiger partial charge in [0, 0.05) is 28.7 Å². The maximum absolute atomic E-state index is 10.4. The van der Waals surface area contributed by atoms with Crippen molar-refractivity contribution in [3.05, 3.63) is 23.7 Å². The second kappa shape index (κ2) is 5.82. The molecule has 96 valence electrons. The zero-order valence-electron chi connectivity index (χ0n) is 10.2. The van der Waals surface area contributed by atoms with E-state index in [1.54, 1.807) is 17.5 Å². The number of nitrogens with one attached hydrogen (secondary N) is 1. The third-order valence-corrected chi connectivity index (χ3v) is 3.67. The smallest absolute Gasteiger partial charge is 0.303 e. The van der Waals surface area contributed by atoms with Crippen molar-refractivity contribution in [2.75, 3.05) is 5.32 Å². The van der Waals surface area contributed by atoms with Crippen LogP contribution < -0.4 is 5.32 Å². The molecule has 0 fully saturated rings. The van der Waals surface area contributed by atoms with E-state index < -0.39 is 5.97 Å². The summed E-state index contributed by atoms with van der Waals surface area (Å²) in [5, 5.41) is 15.1. The molecular formula is C13H16N2O2S. The Labute approximate surface area is 110 Å². The minimum atomic E-state index is -0.736. The van der Waals surface area contributed by atoms with Crippen molar-refractivity contribution in [2.24, 2.45) is 0 Å². The van der Waals surface area contributed by atoms with Gasteiger partial charge in [0.1, 0.15) is 5.82 Å². The van der Waals surface area contributed by atoms with E-state index in [1.165, 1.54) is 4.70 Å². The van der Waals surface area contributed by atoms with E-state index in [0.29, 0.717) is 6.42 Å². The predicted octanol–water partition coefficient (Wildman–Crippen LogP) is 3.35. The highest BCUT2D eigenvalue weighted by Gasteiger charge is 2.08. The van der Waals surface area contributed by atoms with Crippen molar-refractivity contribution in [3.63, 3.8) is 0 Å². The highest BCUT2D eigenvalue weighted by molar-refractivity contribution is 7.17. The number of aliphatic carboxylic acids is 1. The highest BCUT2D eigenvalue weighted by Crippen LogP contribution is 2.26. The highest BCUT2D eigenvalue weighted by atomic mass is 32.1. The van der Waals surface area contributed by atoms with Crippen LogP contribution >= 0.6 is 11.3 Å². The average molecular weight is 264 g/mol. The van der Waals surface area contributed by atoms with Crippen LogP contribution in [0.4, 0.5) is 5.82 Å². The molecule has 0 aliphatic rings. The van der Waals surface area contributed by atoms with Crippen LogP contribution in [0, 0.1) is 0 Å². The van der Waals surface area contributed by atoms with Crippen molar-refractivity contribution in [2.45, 2.75) is 32.2 Å². The third kappa shape index (κ3) is 3.20. The first-order valence-corrected chi connectivity index (χ1v) is 6.85. The lowest BCUT2D eigenvalue weighted by molar-refractivity contribution is -0.137. The van der Waals surface area contributed by atoms with Crippen molar-refractivity contribution in [3.8, 4) is 0 Å². The zero-order chi connectivity index (χ0) is 13.0. The number of pyridine rings is 1. The summed E-state index contributed by atoms with van der Waals surface area (Å²) >= 11 is 1.69. The number of hydrogen-bond acceptors (Lipinski definition) is 4. The average Bonchev–Trinajstić information content (AvgIpc) is 2.77. The van der Waals surface area contributed by atoms with Crippen LogP contribution in [-0.2, 0) is 4.79 Å². The first-order chi connectivity index (χ1) is 8.66. The van der Waals surface area contributed by atoms with Gasteiger partial charge in [-0.05, 0) is 37.3 Å². The Morgan fingerprint density at radius 2 is 2.39 bits per heavy atom. The molecule has 0 saturated carbocycles. The Bertz CT molecular complexity index is 539. The normalized spacial score (nSPS) is 12.5. The summed E-state index contributed by atoms with van der Waals surface area (Å²) in [5.41, 5.74) is 0. The number of nitrogens with zero attached hydrogens (tertiary/aromatic N) is 1. The molecule has 5 heteroatoms. The van der Waals surface area contributed by atoms with Gasteiger partial charge in [-0.15, -0.1) is 11.3 Å². The van der Waals surface area contributed by atoms with Gasteiger partial charge in [0.15, 0.2) is 0 Å². The summed E-state index contributed by atoms with van der Waals surface area (Å²) in [6, 6.07) is 4.28. The number of carboxylic acids is 1. The Kier molecular flexibility index (Phi) is 4.15. The molecule has 0 amide bonds. The van der Waals surface area contributed by atoms with Gasteiger partial charge in [-0.3, -0.25) is 4.79 Å². The van der Waals surface area contributed by atoms with Crippen LogP contribution in [0.3, 0.4) is 0 Å².